The van der Waals surface area contributed by atoms with Crippen molar-refractivity contribution in [2.24, 2.45) is 0 Å². The average molecular weight is 289 g/mol. The van der Waals surface area contributed by atoms with Gasteiger partial charge in [0.05, 0.1) is 18.4 Å². The monoisotopic (exact) mass is 289 g/mol. The van der Waals surface area contributed by atoms with Crippen LogP contribution >= 0.6 is 0 Å². The molecule has 0 atom stereocenters. The van der Waals surface area contributed by atoms with Crippen LogP contribution in [0.2, 0.25) is 0 Å². The third-order valence-corrected chi connectivity index (χ3v) is 2.75. The maximum absolute atomic E-state index is 12.1. The second-order valence-corrected chi connectivity index (χ2v) is 4.32. The molecule has 20 heavy (non-hydrogen) atoms. The molecule has 4 nitrogen and oxygen atoms in total. The summed E-state index contributed by atoms with van der Waals surface area (Å²) < 4.78 is 36.2. The SMILES string of the molecule is CN(CCC(F)(F)F)C(=O)Cc1ccccc1C(=O)O. The van der Waals surface area contributed by atoms with Crippen LogP contribution in [-0.4, -0.2) is 41.7 Å². The largest absolute Gasteiger partial charge is 0.478 e. The van der Waals surface area contributed by atoms with Gasteiger partial charge in [-0.25, -0.2) is 4.79 Å². The van der Waals surface area contributed by atoms with Gasteiger partial charge < -0.3 is 10.0 Å². The Labute approximate surface area is 113 Å². The van der Waals surface area contributed by atoms with Gasteiger partial charge in [0.2, 0.25) is 5.91 Å². The highest BCUT2D eigenvalue weighted by molar-refractivity contribution is 5.91. The van der Waals surface area contributed by atoms with Crippen molar-refractivity contribution in [1.82, 2.24) is 4.90 Å². The molecule has 0 saturated carbocycles. The van der Waals surface area contributed by atoms with Gasteiger partial charge >= 0.3 is 12.1 Å². The van der Waals surface area contributed by atoms with Crippen LogP contribution in [0.25, 0.3) is 0 Å². The second-order valence-electron chi connectivity index (χ2n) is 4.32. The molecule has 1 aromatic carbocycles. The van der Waals surface area contributed by atoms with E-state index in [0.29, 0.717) is 0 Å². The molecule has 0 aliphatic carbocycles. The second kappa shape index (κ2) is 6.40. The summed E-state index contributed by atoms with van der Waals surface area (Å²) in [5.74, 6) is -1.73. The zero-order valence-electron chi connectivity index (χ0n) is 10.8. The number of rotatable bonds is 5. The zero-order valence-corrected chi connectivity index (χ0v) is 10.8. The number of carbonyl (C=O) groups excluding carboxylic acids is 1. The Hall–Kier alpha value is -2.05. The van der Waals surface area contributed by atoms with Crippen molar-refractivity contribution in [3.63, 3.8) is 0 Å². The molecule has 1 amide bonds. The third kappa shape index (κ3) is 4.91. The van der Waals surface area contributed by atoms with Gasteiger partial charge in [0, 0.05) is 13.6 Å². The summed E-state index contributed by atoms with van der Waals surface area (Å²) in [6.07, 6.45) is -5.65. The number of carbonyl (C=O) groups is 2. The van der Waals surface area contributed by atoms with Gasteiger partial charge in [-0.3, -0.25) is 4.79 Å². The van der Waals surface area contributed by atoms with E-state index in [-0.39, 0.29) is 17.5 Å². The minimum Gasteiger partial charge on any atom is -0.478 e. The Morgan fingerprint density at radius 3 is 2.40 bits per heavy atom. The summed E-state index contributed by atoms with van der Waals surface area (Å²) >= 11 is 0. The number of carboxylic acid groups (broad SMARTS) is 1. The first-order valence-electron chi connectivity index (χ1n) is 5.82. The molecule has 0 bridgehead atoms. The number of aromatic carboxylic acids is 1. The molecule has 1 rings (SSSR count). The van der Waals surface area contributed by atoms with E-state index in [1.807, 2.05) is 0 Å². The number of nitrogens with zero attached hydrogens (tertiary/aromatic N) is 1. The van der Waals surface area contributed by atoms with Crippen molar-refractivity contribution in [2.45, 2.75) is 19.0 Å². The molecule has 0 fully saturated rings. The van der Waals surface area contributed by atoms with Crippen molar-refractivity contribution in [1.29, 1.82) is 0 Å². The molecule has 0 radical (unpaired) electrons. The molecule has 110 valence electrons. The summed E-state index contributed by atoms with van der Waals surface area (Å²) in [5, 5.41) is 8.95. The van der Waals surface area contributed by atoms with E-state index in [9.17, 15) is 22.8 Å². The van der Waals surface area contributed by atoms with Gasteiger partial charge in [-0.15, -0.1) is 0 Å². The average Bonchev–Trinajstić information content (AvgIpc) is 2.35. The fourth-order valence-corrected chi connectivity index (χ4v) is 1.60. The van der Waals surface area contributed by atoms with Gasteiger partial charge in [0.15, 0.2) is 0 Å². The number of amides is 1. The number of halogens is 3. The fraction of sp³-hybridized carbons (Fsp3) is 0.385. The van der Waals surface area contributed by atoms with Crippen LogP contribution in [0.1, 0.15) is 22.3 Å². The van der Waals surface area contributed by atoms with E-state index in [2.05, 4.69) is 0 Å². The molecule has 0 saturated heterocycles. The zero-order chi connectivity index (χ0) is 15.3. The van der Waals surface area contributed by atoms with Crippen LogP contribution in [0.5, 0.6) is 0 Å². The normalized spacial score (nSPS) is 11.2. The van der Waals surface area contributed by atoms with E-state index < -0.39 is 31.0 Å². The molecule has 0 unspecified atom stereocenters. The van der Waals surface area contributed by atoms with Crippen molar-refractivity contribution in [2.75, 3.05) is 13.6 Å². The molecule has 0 heterocycles. The molecule has 1 aromatic rings. The van der Waals surface area contributed by atoms with Gasteiger partial charge in [0.25, 0.3) is 0 Å². The molecule has 0 aliphatic heterocycles. The van der Waals surface area contributed by atoms with Crippen molar-refractivity contribution < 1.29 is 27.9 Å². The summed E-state index contributed by atoms with van der Waals surface area (Å²) in [6, 6.07) is 5.91. The van der Waals surface area contributed by atoms with Crippen LogP contribution in [0.3, 0.4) is 0 Å². The van der Waals surface area contributed by atoms with Crippen LogP contribution in [0.4, 0.5) is 13.2 Å². The van der Waals surface area contributed by atoms with E-state index in [0.717, 1.165) is 4.90 Å². The van der Waals surface area contributed by atoms with Crippen molar-refractivity contribution in [3.05, 3.63) is 35.4 Å². The van der Waals surface area contributed by atoms with Crippen molar-refractivity contribution in [3.8, 4) is 0 Å². The minimum absolute atomic E-state index is 0.0231. The Morgan fingerprint density at radius 1 is 1.25 bits per heavy atom. The highest BCUT2D eigenvalue weighted by Gasteiger charge is 2.28. The lowest BCUT2D eigenvalue weighted by Gasteiger charge is -2.18. The number of hydrogen-bond acceptors (Lipinski definition) is 2. The Kier molecular flexibility index (Phi) is 5.12. The van der Waals surface area contributed by atoms with Gasteiger partial charge in [-0.2, -0.15) is 13.2 Å². The standard InChI is InChI=1S/C13H14F3NO3/c1-17(7-6-13(14,15)16)11(18)8-9-4-2-3-5-10(9)12(19)20/h2-5H,6-8H2,1H3,(H,19,20). The first-order valence-corrected chi connectivity index (χ1v) is 5.82. The lowest BCUT2D eigenvalue weighted by Crippen LogP contribution is -2.32. The number of likely N-dealkylation sites (N-methyl/N-ethyl adjacent to an activating group) is 1. The Balaban J connectivity index is 2.69. The smallest absolute Gasteiger partial charge is 0.390 e. The van der Waals surface area contributed by atoms with Gasteiger partial charge in [-0.1, -0.05) is 18.2 Å². The third-order valence-electron chi connectivity index (χ3n) is 2.75. The number of hydrogen-bond donors (Lipinski definition) is 1. The van der Waals surface area contributed by atoms with Crippen LogP contribution < -0.4 is 0 Å². The van der Waals surface area contributed by atoms with Crippen LogP contribution in [0.15, 0.2) is 24.3 Å². The molecule has 7 heteroatoms. The predicted molar refractivity (Wildman–Crippen MR) is 65.4 cm³/mol. The highest BCUT2D eigenvalue weighted by Crippen LogP contribution is 2.19. The Bertz CT molecular complexity index is 500. The molecular weight excluding hydrogens is 275 g/mol. The highest BCUT2D eigenvalue weighted by atomic mass is 19.4. The summed E-state index contributed by atoms with van der Waals surface area (Å²) in [5.41, 5.74) is 0.258. The van der Waals surface area contributed by atoms with E-state index >= 15 is 0 Å². The van der Waals surface area contributed by atoms with E-state index in [1.54, 1.807) is 6.07 Å². The fourth-order valence-electron chi connectivity index (χ4n) is 1.60. The maximum Gasteiger partial charge on any atom is 0.390 e. The van der Waals surface area contributed by atoms with Crippen LogP contribution in [-0.2, 0) is 11.2 Å². The first-order chi connectivity index (χ1) is 9.20. The summed E-state index contributed by atoms with van der Waals surface area (Å²) in [7, 11) is 1.26. The summed E-state index contributed by atoms with van der Waals surface area (Å²) in [6.45, 7) is -0.447. The van der Waals surface area contributed by atoms with Crippen molar-refractivity contribution >= 4 is 11.9 Å². The van der Waals surface area contributed by atoms with E-state index in [4.69, 9.17) is 5.11 Å². The molecular formula is C13H14F3NO3. The lowest BCUT2D eigenvalue weighted by molar-refractivity contribution is -0.143. The predicted octanol–water partition coefficient (Wildman–Crippen LogP) is 2.34. The number of carboxylic acids is 1. The quantitative estimate of drug-likeness (QED) is 0.905. The topological polar surface area (TPSA) is 57.6 Å². The molecule has 0 aromatic heterocycles. The van der Waals surface area contributed by atoms with Gasteiger partial charge in [-0.05, 0) is 11.6 Å². The maximum atomic E-state index is 12.1. The lowest BCUT2D eigenvalue weighted by atomic mass is 10.0. The molecule has 0 spiro atoms. The molecule has 1 N–H and O–H groups in total. The first kappa shape index (κ1) is 16.0. The number of benzene rings is 1. The van der Waals surface area contributed by atoms with Gasteiger partial charge in [0.1, 0.15) is 0 Å². The van der Waals surface area contributed by atoms with Crippen LogP contribution in [0, 0.1) is 0 Å². The Morgan fingerprint density at radius 2 is 1.85 bits per heavy atom. The minimum atomic E-state index is -4.33. The molecule has 0 aliphatic rings. The number of alkyl halides is 3. The van der Waals surface area contributed by atoms with E-state index in [1.165, 1.54) is 25.2 Å². The summed E-state index contributed by atoms with van der Waals surface area (Å²) in [4.78, 5) is 23.7.